The maximum atomic E-state index is 9.76. The van der Waals surface area contributed by atoms with E-state index < -0.39 is 236 Å². The highest BCUT2D eigenvalue weighted by atomic mass is 15.6. The number of hydrogen-bond donors (Lipinski definition) is 0. The summed E-state index contributed by atoms with van der Waals surface area (Å²) in [6.45, 7) is 0. The van der Waals surface area contributed by atoms with E-state index in [2.05, 4.69) is 0 Å². The first-order valence-corrected chi connectivity index (χ1v) is 25.6. The highest BCUT2D eigenvalue weighted by Crippen LogP contribution is 2.61. The van der Waals surface area contributed by atoms with Gasteiger partial charge in [0.15, 0.2) is 0 Å². The van der Waals surface area contributed by atoms with Crippen LogP contribution in [0.15, 0.2) is 309 Å². The quantitative estimate of drug-likeness (QED) is 0.133. The largest absolute Gasteiger partial charge is 0.489 e. The van der Waals surface area contributed by atoms with Gasteiger partial charge in [0.25, 0.3) is 0 Å². The minimum Gasteiger partial charge on any atom is -0.382 e. The average molecular weight is 1060 g/mol. The van der Waals surface area contributed by atoms with E-state index in [1.165, 1.54) is 54.6 Å². The van der Waals surface area contributed by atoms with E-state index >= 15 is 0 Å². The summed E-state index contributed by atoms with van der Waals surface area (Å²) in [6.07, 6.45) is 0. The van der Waals surface area contributed by atoms with Crippen LogP contribution in [0.3, 0.4) is 0 Å². The Balaban J connectivity index is 1.13. The van der Waals surface area contributed by atoms with Gasteiger partial charge in [0.1, 0.15) is 0 Å². The van der Waals surface area contributed by atoms with Gasteiger partial charge in [-0.05, 0) is 69.8 Å². The number of anilines is 9. The standard InChI is InChI=1S/C72H51B3N6/c1-7-28-52(29-8-1)58-40-25-41-59(53-30-9-2-10-31-53)70(58)76-64-46-19-22-49-67(64)79-73(76)80-68-50-23-20-47-65(68)77(71-60(54-32-11-3-12-33-54)42-26-43-61(71)55-34-13-4-14-35-55)75(80)81-69-51-24-21-48-66(69)78(74(79)81)72-62(56-36-15-5-16-37-56)44-27-45-63(72)57-38-17-6-18-39-57/h1-51H/i1D,2D,3D,4D,5D,6D,7D,8D,9D,10D,11D,12D,13D,14D,15D,16D,17D,18D,28D,29D,30D,31D,32D,33D,34D,35D,36D,37D,38D,39D. The Morgan fingerprint density at radius 1 is 0.210 bits per heavy atom. The maximum Gasteiger partial charge on any atom is 0.489 e. The van der Waals surface area contributed by atoms with Gasteiger partial charge in [-0.2, -0.15) is 0 Å². The van der Waals surface area contributed by atoms with Crippen molar-refractivity contribution >= 4 is 72.5 Å². The second-order valence-electron chi connectivity index (χ2n) is 18.9. The maximum absolute atomic E-state index is 9.76. The summed E-state index contributed by atoms with van der Waals surface area (Å²) in [5.74, 6) is 0. The Morgan fingerprint density at radius 3 is 0.593 bits per heavy atom. The fraction of sp³-hybridized carbons (Fsp3) is 0. The molecule has 9 heteroatoms. The average Bonchev–Trinajstić information content (AvgIpc) is 1.50. The number of rotatable bonds is 9. The zero-order valence-corrected chi connectivity index (χ0v) is 42.0. The third-order valence-corrected chi connectivity index (χ3v) is 14.9. The van der Waals surface area contributed by atoms with Crippen molar-refractivity contribution < 1.29 is 41.1 Å². The van der Waals surface area contributed by atoms with E-state index in [0.717, 1.165) is 0 Å². The van der Waals surface area contributed by atoms with Crippen LogP contribution in [0.4, 0.5) is 51.2 Å². The molecule has 1 fully saturated rings. The molecular weight excluding hydrogens is 981 g/mol. The molecule has 378 valence electrons. The Bertz CT molecular complexity index is 5160. The first kappa shape index (κ1) is 25.6. The zero-order valence-electron chi connectivity index (χ0n) is 72.0. The van der Waals surface area contributed by atoms with Crippen molar-refractivity contribution in [3.8, 4) is 66.8 Å². The summed E-state index contributed by atoms with van der Waals surface area (Å²) in [6, 6.07) is 10.0. The van der Waals surface area contributed by atoms with E-state index in [4.69, 9.17) is 8.22 Å². The van der Waals surface area contributed by atoms with Crippen LogP contribution in [0.25, 0.3) is 66.8 Å². The Hall–Kier alpha value is -10.4. The van der Waals surface area contributed by atoms with Crippen LogP contribution in [0.1, 0.15) is 41.1 Å². The van der Waals surface area contributed by atoms with Gasteiger partial charge in [0.2, 0.25) is 0 Å². The van der Waals surface area contributed by atoms with Crippen LogP contribution < -0.4 is 28.6 Å². The molecule has 4 heterocycles. The Morgan fingerprint density at radius 2 is 0.395 bits per heavy atom. The van der Waals surface area contributed by atoms with Crippen LogP contribution >= 0.6 is 0 Å². The molecule has 0 unspecified atom stereocenters. The molecule has 12 aromatic rings. The van der Waals surface area contributed by atoms with Gasteiger partial charge in [-0.1, -0.05) is 272 Å². The molecule has 0 atom stereocenters. The van der Waals surface area contributed by atoms with Crippen LogP contribution in [0.5, 0.6) is 0 Å². The summed E-state index contributed by atoms with van der Waals surface area (Å²) in [5, 5.41) is 0. The monoisotopic (exact) mass is 1060 g/mol. The van der Waals surface area contributed by atoms with Crippen molar-refractivity contribution in [2.45, 2.75) is 0 Å². The van der Waals surface area contributed by atoms with Gasteiger partial charge in [-0.25, -0.2) is 0 Å². The molecule has 0 saturated carbocycles. The normalized spacial score (nSPS) is 18.9. The lowest BCUT2D eigenvalue weighted by atomic mass is 9.55. The van der Waals surface area contributed by atoms with Crippen LogP contribution in [-0.4, -0.2) is 21.4 Å². The van der Waals surface area contributed by atoms with E-state index in [0.29, 0.717) is 0 Å². The third kappa shape index (κ3) is 7.32. The topological polar surface area (TPSA) is 19.4 Å². The summed E-state index contributed by atoms with van der Waals surface area (Å²) in [4.78, 5) is 5.01. The van der Waals surface area contributed by atoms with Gasteiger partial charge in [0, 0.05) is 67.5 Å². The highest BCUT2D eigenvalue weighted by molar-refractivity contribution is 7.11. The Kier molecular flexibility index (Phi) is 6.08. The number of hydrogen-bond acceptors (Lipinski definition) is 6. The molecule has 0 aliphatic carbocycles. The smallest absolute Gasteiger partial charge is 0.382 e. The summed E-state index contributed by atoms with van der Waals surface area (Å²) < 4.78 is 286. The van der Waals surface area contributed by atoms with Crippen molar-refractivity contribution in [2.75, 3.05) is 28.6 Å². The number of benzene rings is 12. The molecule has 0 bridgehead atoms. The lowest BCUT2D eigenvalue weighted by Gasteiger charge is -2.52. The molecule has 16 rings (SSSR count). The van der Waals surface area contributed by atoms with Crippen LogP contribution in [0.2, 0.25) is 0 Å². The third-order valence-electron chi connectivity index (χ3n) is 14.9. The molecule has 1 saturated heterocycles. The van der Waals surface area contributed by atoms with Gasteiger partial charge in [0.05, 0.1) is 58.2 Å². The Labute approximate surface area is 516 Å². The molecule has 6 nitrogen and oxygen atoms in total. The molecule has 4 aliphatic rings. The van der Waals surface area contributed by atoms with E-state index in [1.807, 2.05) is 14.2 Å². The van der Waals surface area contributed by atoms with E-state index in [-0.39, 0.29) is 84.6 Å². The molecule has 12 aromatic carbocycles. The van der Waals surface area contributed by atoms with Crippen molar-refractivity contribution in [1.29, 1.82) is 0 Å². The molecule has 0 radical (unpaired) electrons. The van der Waals surface area contributed by atoms with Gasteiger partial charge in [-0.3, -0.25) is 0 Å². The second-order valence-corrected chi connectivity index (χ2v) is 18.9. The van der Waals surface area contributed by atoms with Crippen molar-refractivity contribution in [1.82, 2.24) is 0 Å². The van der Waals surface area contributed by atoms with Crippen LogP contribution in [0, 0.1) is 0 Å². The molecule has 81 heavy (non-hydrogen) atoms. The molecule has 0 aromatic heterocycles. The van der Waals surface area contributed by atoms with Crippen molar-refractivity contribution in [3.05, 3.63) is 309 Å². The van der Waals surface area contributed by atoms with Gasteiger partial charge < -0.3 is 28.6 Å². The van der Waals surface area contributed by atoms with Crippen LogP contribution in [-0.2, 0) is 0 Å². The van der Waals surface area contributed by atoms with E-state index in [1.54, 1.807) is 87.2 Å². The predicted molar refractivity (Wildman–Crippen MR) is 342 cm³/mol. The minimum absolute atomic E-state index is 0.168. The summed E-state index contributed by atoms with van der Waals surface area (Å²) in [7, 11) is -5.00. The number of nitrogens with zero attached hydrogens (tertiary/aromatic N) is 6. The fourth-order valence-corrected chi connectivity index (χ4v) is 11.9. The van der Waals surface area contributed by atoms with Gasteiger partial charge >= 0.3 is 21.4 Å². The first-order valence-electron chi connectivity index (χ1n) is 40.6. The number of para-hydroxylation sites is 9. The van der Waals surface area contributed by atoms with Crippen molar-refractivity contribution in [3.63, 3.8) is 0 Å². The second kappa shape index (κ2) is 19.2. The predicted octanol–water partition coefficient (Wildman–Crippen LogP) is 17.9. The SMILES string of the molecule is [2H]c1c([2H])c([2H])c(-c2cccc(-c3c([2H])c([2H])c([2H])c([2H])c3[2H])c2N2B3N(B4N(B5N3c3ccccc3N5c3c(-c5c([2H])c([2H])c([2H])c([2H])c5[2H])cccc3-c3c([2H])c([2H])c([2H])c([2H])c3[2H])c3ccccc3N4c3c(-c4c([2H])c([2H])c([2H])c([2H])c4[2H])cccc3-c3c([2H])c([2H])c([2H])c([2H])c3[2H])c3ccccc32)c([2H])c1[2H]. The van der Waals surface area contributed by atoms with Gasteiger partial charge in [-0.15, -0.1) is 0 Å². The lowest BCUT2D eigenvalue weighted by molar-refractivity contribution is 1.25. The minimum atomic E-state index is -1.67. The summed E-state index contributed by atoms with van der Waals surface area (Å²) in [5.41, 5.74) is -2.91. The molecule has 4 aliphatic heterocycles. The lowest BCUT2D eigenvalue weighted by Crippen LogP contribution is -2.83. The summed E-state index contributed by atoms with van der Waals surface area (Å²) >= 11 is 0. The number of fused-ring (bicyclic) bond motifs is 12. The van der Waals surface area contributed by atoms with Crippen molar-refractivity contribution in [2.24, 2.45) is 0 Å². The molecule has 0 N–H and O–H groups in total. The molecular formula is C72H51B3N6. The molecule has 0 spiro atoms. The van der Waals surface area contributed by atoms with E-state index in [9.17, 15) is 32.9 Å². The first-order chi connectivity index (χ1) is 52.7. The zero-order chi connectivity index (χ0) is 79.5. The fourth-order valence-electron chi connectivity index (χ4n) is 11.9. The highest BCUT2D eigenvalue weighted by Gasteiger charge is 2.70. The molecule has 0 amide bonds.